The first-order chi connectivity index (χ1) is 19.4. The van der Waals surface area contributed by atoms with Gasteiger partial charge in [0.1, 0.15) is 12.4 Å². The smallest absolute Gasteiger partial charge is 0.256 e. The van der Waals surface area contributed by atoms with Crippen molar-refractivity contribution < 1.29 is 23.8 Å². The number of alkyl halides is 1. The lowest BCUT2D eigenvalue weighted by atomic mass is 9.64. The number of Topliss-reactive ketones (excluding diaryl/α,β-unsaturated/α-hetero) is 1. The lowest BCUT2D eigenvalue weighted by Crippen LogP contribution is -2.74. The van der Waals surface area contributed by atoms with Gasteiger partial charge in [0.15, 0.2) is 5.78 Å². The topological polar surface area (TPSA) is 85.3 Å². The number of morpholine rings is 1. The number of carbonyl (C=O) groups excluding carboxylic acids is 2. The second-order valence-electron chi connectivity index (χ2n) is 13.9. The van der Waals surface area contributed by atoms with Crippen molar-refractivity contribution in [1.82, 2.24) is 20.0 Å². The van der Waals surface area contributed by atoms with Crippen LogP contribution in [0.15, 0.2) is 11.8 Å². The van der Waals surface area contributed by atoms with Crippen molar-refractivity contribution in [1.29, 1.82) is 0 Å². The van der Waals surface area contributed by atoms with Gasteiger partial charge in [0.05, 0.1) is 35.9 Å². The molecule has 2 N–H and O–H groups in total. The number of nitrogens with zero attached hydrogens (tertiary/aromatic N) is 3. The number of hydrogen-bond donors (Lipinski definition) is 2. The van der Waals surface area contributed by atoms with Crippen molar-refractivity contribution in [3.8, 4) is 0 Å². The van der Waals surface area contributed by atoms with Gasteiger partial charge in [-0.25, -0.2) is 4.39 Å². The van der Waals surface area contributed by atoms with E-state index in [1.165, 1.54) is 32.1 Å². The summed E-state index contributed by atoms with van der Waals surface area (Å²) in [5.41, 5.74) is 0.193. The molecule has 3 saturated carbocycles. The zero-order valence-electron chi connectivity index (χ0n) is 23.9. The third-order valence-electron chi connectivity index (χ3n) is 11.8. The van der Waals surface area contributed by atoms with Crippen LogP contribution in [0.25, 0.3) is 0 Å². The average molecular weight is 559 g/mol. The van der Waals surface area contributed by atoms with Gasteiger partial charge in [-0.15, -0.1) is 0 Å². The van der Waals surface area contributed by atoms with E-state index in [1.54, 1.807) is 0 Å². The molecule has 0 spiro atoms. The summed E-state index contributed by atoms with van der Waals surface area (Å²) in [6.07, 6.45) is 11.1. The van der Waals surface area contributed by atoms with Crippen LogP contribution in [0, 0.1) is 17.8 Å². The zero-order chi connectivity index (χ0) is 27.5. The summed E-state index contributed by atoms with van der Waals surface area (Å²) in [5, 5.41) is 13.8. The van der Waals surface area contributed by atoms with Crippen molar-refractivity contribution in [3.05, 3.63) is 11.8 Å². The number of amides is 1. The van der Waals surface area contributed by atoms with Crippen molar-refractivity contribution in [2.45, 2.75) is 126 Å². The Morgan fingerprint density at radius 3 is 2.55 bits per heavy atom. The largest absolute Gasteiger partial charge is 0.378 e. The zero-order valence-corrected chi connectivity index (χ0v) is 23.9. The molecular weight excluding hydrogens is 511 g/mol. The fourth-order valence-electron chi connectivity index (χ4n) is 9.74. The van der Waals surface area contributed by atoms with E-state index in [4.69, 9.17) is 4.74 Å². The Kier molecular flexibility index (Phi) is 7.46. The van der Waals surface area contributed by atoms with Gasteiger partial charge < -0.3 is 25.0 Å². The number of halogens is 1. The van der Waals surface area contributed by atoms with E-state index in [-0.39, 0.29) is 41.9 Å². The summed E-state index contributed by atoms with van der Waals surface area (Å²) in [5.74, 6) is 0.123. The highest BCUT2D eigenvalue weighted by atomic mass is 19.1. The summed E-state index contributed by atoms with van der Waals surface area (Å²) in [4.78, 5) is 33.9. The number of hydrogen-bond acceptors (Lipinski definition) is 7. The lowest BCUT2D eigenvalue weighted by molar-refractivity contribution is -0.227. The van der Waals surface area contributed by atoms with Gasteiger partial charge in [0, 0.05) is 31.2 Å². The second kappa shape index (κ2) is 10.9. The lowest BCUT2D eigenvalue weighted by Gasteiger charge is -2.61. The average Bonchev–Trinajstić information content (AvgIpc) is 3.56. The minimum absolute atomic E-state index is 0.0412. The van der Waals surface area contributed by atoms with Gasteiger partial charge in [-0.3, -0.25) is 14.5 Å². The van der Waals surface area contributed by atoms with E-state index in [0.29, 0.717) is 37.4 Å². The van der Waals surface area contributed by atoms with Crippen LogP contribution in [0.1, 0.15) is 77.0 Å². The number of aliphatic hydroxyl groups is 1. The Morgan fingerprint density at radius 2 is 1.82 bits per heavy atom. The summed E-state index contributed by atoms with van der Waals surface area (Å²) in [6.45, 7) is 2.28. The monoisotopic (exact) mass is 558 g/mol. The SMILES string of the molecule is CN1CCCC1CCNC(=O)C1=CN2C3CC4CCCCC4CC3OC3C2C(CC(F)C3N2CCCC2O)C1=O. The predicted molar refractivity (Wildman–Crippen MR) is 148 cm³/mol. The van der Waals surface area contributed by atoms with Gasteiger partial charge in [-0.2, -0.15) is 0 Å². The number of ketones is 1. The standard InChI is InChI=1S/C31H47FN4O4/c1-34-12-4-8-20(34)10-11-33-31(39)22-17-36-24-14-18-6-2-3-7-19(18)15-25(24)40-30-27(36)21(29(22)38)16-23(32)28(30)35-13-5-9-26(35)37/h17-21,23-28,30,37H,2-16H2,1H3,(H,33,39). The number of rotatable bonds is 5. The van der Waals surface area contributed by atoms with E-state index >= 15 is 4.39 Å². The van der Waals surface area contributed by atoms with Crippen molar-refractivity contribution in [3.63, 3.8) is 0 Å². The van der Waals surface area contributed by atoms with Crippen LogP contribution in [0.5, 0.6) is 0 Å². The normalized spacial score (nSPS) is 45.5. The van der Waals surface area contributed by atoms with Gasteiger partial charge in [-0.1, -0.05) is 25.7 Å². The molecule has 0 aromatic carbocycles. The first kappa shape index (κ1) is 27.3. The maximum atomic E-state index is 16.1. The van der Waals surface area contributed by atoms with Crippen LogP contribution in [-0.2, 0) is 14.3 Å². The van der Waals surface area contributed by atoms with E-state index in [2.05, 4.69) is 22.2 Å². The first-order valence-corrected chi connectivity index (χ1v) is 16.2. The minimum atomic E-state index is -1.28. The maximum Gasteiger partial charge on any atom is 0.256 e. The number of likely N-dealkylation sites (tertiary alicyclic amines) is 2. The Balaban J connectivity index is 1.18. The third-order valence-corrected chi connectivity index (χ3v) is 11.8. The number of nitrogens with one attached hydrogen (secondary N) is 1. The van der Waals surface area contributed by atoms with E-state index < -0.39 is 30.5 Å². The summed E-state index contributed by atoms with van der Waals surface area (Å²) in [7, 11) is 2.13. The maximum absolute atomic E-state index is 16.1. The molecule has 1 amide bonds. The molecule has 3 aliphatic carbocycles. The molecule has 0 radical (unpaired) electrons. The molecule has 3 saturated heterocycles. The van der Waals surface area contributed by atoms with E-state index in [1.807, 2.05) is 11.1 Å². The van der Waals surface area contributed by atoms with Crippen LogP contribution in [0.2, 0.25) is 0 Å². The highest BCUT2D eigenvalue weighted by Crippen LogP contribution is 2.51. The molecule has 8 nitrogen and oxygen atoms in total. The van der Waals surface area contributed by atoms with Crippen LogP contribution in [0.4, 0.5) is 4.39 Å². The fraction of sp³-hybridized carbons (Fsp3) is 0.871. The Morgan fingerprint density at radius 1 is 1.05 bits per heavy atom. The molecule has 222 valence electrons. The van der Waals surface area contributed by atoms with Gasteiger partial charge in [0.25, 0.3) is 5.91 Å². The Hall–Kier alpha value is -1.55. The van der Waals surface area contributed by atoms with Crippen molar-refractivity contribution in [2.24, 2.45) is 17.8 Å². The molecule has 11 atom stereocenters. The molecule has 11 unspecified atom stereocenters. The first-order valence-electron chi connectivity index (χ1n) is 16.2. The fourth-order valence-corrected chi connectivity index (χ4v) is 9.74. The number of fused-ring (bicyclic) bond motifs is 3. The summed E-state index contributed by atoms with van der Waals surface area (Å²) < 4.78 is 23.0. The number of aliphatic hydroxyl groups excluding tert-OH is 1. The number of ether oxygens (including phenoxy) is 1. The highest BCUT2D eigenvalue weighted by molar-refractivity contribution is 6.20. The van der Waals surface area contributed by atoms with Crippen LogP contribution in [-0.4, -0.2) is 107 Å². The third kappa shape index (κ3) is 4.63. The Bertz CT molecular complexity index is 1030. The van der Waals surface area contributed by atoms with Crippen LogP contribution < -0.4 is 5.32 Å². The van der Waals surface area contributed by atoms with E-state index in [0.717, 1.165) is 38.6 Å². The molecule has 4 heterocycles. The minimum Gasteiger partial charge on any atom is -0.378 e. The van der Waals surface area contributed by atoms with Crippen molar-refractivity contribution in [2.75, 3.05) is 26.7 Å². The highest BCUT2D eigenvalue weighted by Gasteiger charge is 2.61. The molecule has 40 heavy (non-hydrogen) atoms. The predicted octanol–water partition coefficient (Wildman–Crippen LogP) is 2.60. The molecule has 6 fully saturated rings. The Labute approximate surface area is 237 Å². The quantitative estimate of drug-likeness (QED) is 0.502. The molecule has 0 aromatic heterocycles. The van der Waals surface area contributed by atoms with E-state index in [9.17, 15) is 14.7 Å². The summed E-state index contributed by atoms with van der Waals surface area (Å²) >= 11 is 0. The molecule has 7 rings (SSSR count). The van der Waals surface area contributed by atoms with Crippen LogP contribution in [0.3, 0.4) is 0 Å². The molecule has 4 aliphatic heterocycles. The van der Waals surface area contributed by atoms with Crippen molar-refractivity contribution >= 4 is 11.7 Å². The molecule has 0 bridgehead atoms. The molecular formula is C31H47FN4O4. The number of carbonyl (C=O) groups is 2. The van der Waals surface area contributed by atoms with Crippen LogP contribution >= 0.6 is 0 Å². The van der Waals surface area contributed by atoms with Gasteiger partial charge >= 0.3 is 0 Å². The molecule has 9 heteroatoms. The van der Waals surface area contributed by atoms with Gasteiger partial charge in [-0.05, 0) is 76.8 Å². The molecule has 0 aromatic rings. The van der Waals surface area contributed by atoms with Gasteiger partial charge in [0.2, 0.25) is 0 Å². The summed E-state index contributed by atoms with van der Waals surface area (Å²) in [6, 6.07) is -0.282. The molecule has 7 aliphatic rings. The second-order valence-corrected chi connectivity index (χ2v) is 13.9.